The highest BCUT2D eigenvalue weighted by molar-refractivity contribution is 6.10. The highest BCUT2D eigenvalue weighted by Gasteiger charge is 2.29. The number of esters is 1. The first kappa shape index (κ1) is 22.4. The van der Waals surface area contributed by atoms with Crippen LogP contribution in [0, 0.1) is 6.92 Å². The van der Waals surface area contributed by atoms with Crippen LogP contribution in [0.3, 0.4) is 0 Å². The topological polar surface area (TPSA) is 118 Å². The second-order valence-corrected chi connectivity index (χ2v) is 5.82. The molecule has 27 heavy (non-hydrogen) atoms. The molecule has 2 N–H and O–H groups in total. The van der Waals surface area contributed by atoms with E-state index in [0.717, 1.165) is 0 Å². The number of anilines is 1. The van der Waals surface area contributed by atoms with Crippen molar-refractivity contribution in [1.82, 2.24) is 10.2 Å². The Labute approximate surface area is 158 Å². The number of Topliss-reactive ketones (excluding diaryl/α,β-unsaturated/α-hetero) is 1. The van der Waals surface area contributed by atoms with E-state index >= 15 is 0 Å². The minimum atomic E-state index is -0.746. The molecule has 1 aromatic rings. The summed E-state index contributed by atoms with van der Waals surface area (Å²) in [6.45, 7) is 9.19. The number of furan rings is 1. The summed E-state index contributed by atoms with van der Waals surface area (Å²) in [5.41, 5.74) is -0.0135. The van der Waals surface area contributed by atoms with Gasteiger partial charge in [-0.25, -0.2) is 4.79 Å². The lowest BCUT2D eigenvalue weighted by atomic mass is 10.1. The normalized spacial score (nSPS) is 10.6. The lowest BCUT2D eigenvalue weighted by Crippen LogP contribution is -2.41. The van der Waals surface area contributed by atoms with E-state index in [1.807, 2.05) is 13.8 Å². The summed E-state index contributed by atoms with van der Waals surface area (Å²) in [5.74, 6) is -1.69. The molecular formula is C18H27N3O6. The SMILES string of the molecule is CCNC(=O)CN(CC)CC(=O)Nc1oc(C)c(C(C)=O)c1C(=O)OCC. The van der Waals surface area contributed by atoms with E-state index in [2.05, 4.69) is 10.6 Å². The predicted octanol–water partition coefficient (Wildman–Crippen LogP) is 1.36. The Hall–Kier alpha value is -2.68. The molecule has 150 valence electrons. The first-order valence-electron chi connectivity index (χ1n) is 8.85. The van der Waals surface area contributed by atoms with Gasteiger partial charge in [-0.05, 0) is 34.2 Å². The predicted molar refractivity (Wildman–Crippen MR) is 98.8 cm³/mol. The average molecular weight is 381 g/mol. The zero-order valence-electron chi connectivity index (χ0n) is 16.4. The van der Waals surface area contributed by atoms with Gasteiger partial charge in [-0.3, -0.25) is 24.6 Å². The van der Waals surface area contributed by atoms with E-state index in [9.17, 15) is 19.2 Å². The fourth-order valence-electron chi connectivity index (χ4n) is 2.56. The van der Waals surface area contributed by atoms with Crippen molar-refractivity contribution in [2.24, 2.45) is 0 Å². The molecule has 0 saturated carbocycles. The number of carbonyl (C=O) groups is 4. The summed E-state index contributed by atoms with van der Waals surface area (Å²) in [6.07, 6.45) is 0. The molecule has 0 fully saturated rings. The number of hydrogen-bond acceptors (Lipinski definition) is 7. The van der Waals surface area contributed by atoms with Gasteiger partial charge in [0.15, 0.2) is 5.78 Å². The molecule has 0 aliphatic carbocycles. The van der Waals surface area contributed by atoms with Gasteiger partial charge in [0.1, 0.15) is 11.3 Å². The Bertz CT molecular complexity index is 710. The number of likely N-dealkylation sites (N-methyl/N-ethyl adjacent to an activating group) is 2. The van der Waals surface area contributed by atoms with Gasteiger partial charge in [0.2, 0.25) is 17.7 Å². The third-order valence-corrected chi connectivity index (χ3v) is 3.72. The van der Waals surface area contributed by atoms with Crippen LogP contribution >= 0.6 is 0 Å². The third-order valence-electron chi connectivity index (χ3n) is 3.72. The van der Waals surface area contributed by atoms with Crippen LogP contribution in [0.25, 0.3) is 0 Å². The van der Waals surface area contributed by atoms with E-state index < -0.39 is 11.9 Å². The van der Waals surface area contributed by atoms with Crippen LogP contribution in [-0.4, -0.2) is 61.3 Å². The molecule has 0 saturated heterocycles. The van der Waals surface area contributed by atoms with Gasteiger partial charge in [-0.1, -0.05) is 6.92 Å². The molecule has 9 heteroatoms. The third kappa shape index (κ3) is 6.21. The van der Waals surface area contributed by atoms with Gasteiger partial charge in [-0.2, -0.15) is 0 Å². The van der Waals surface area contributed by atoms with Crippen LogP contribution in [0.5, 0.6) is 0 Å². The molecule has 0 aromatic carbocycles. The molecule has 0 aliphatic rings. The number of amides is 2. The standard InChI is InChI=1S/C18H27N3O6/c1-6-19-13(23)9-21(7-2)10-14(24)20-17-16(18(25)26-8-3)15(11(4)22)12(5)27-17/h6-10H2,1-5H3,(H,19,23)(H,20,24). The number of nitrogens with zero attached hydrogens (tertiary/aromatic N) is 1. The Morgan fingerprint density at radius 2 is 1.67 bits per heavy atom. The minimum Gasteiger partial charge on any atom is -0.462 e. The molecular weight excluding hydrogens is 354 g/mol. The summed E-state index contributed by atoms with van der Waals surface area (Å²) >= 11 is 0. The van der Waals surface area contributed by atoms with Crippen LogP contribution in [0.15, 0.2) is 4.42 Å². The molecule has 0 radical (unpaired) electrons. The second-order valence-electron chi connectivity index (χ2n) is 5.82. The fourth-order valence-corrected chi connectivity index (χ4v) is 2.56. The zero-order chi connectivity index (χ0) is 20.6. The highest BCUT2D eigenvalue weighted by atomic mass is 16.5. The van der Waals surface area contributed by atoms with E-state index in [1.165, 1.54) is 13.8 Å². The summed E-state index contributed by atoms with van der Waals surface area (Å²) < 4.78 is 10.4. The maximum Gasteiger partial charge on any atom is 0.344 e. The number of hydrogen-bond donors (Lipinski definition) is 2. The van der Waals surface area contributed by atoms with Gasteiger partial charge in [-0.15, -0.1) is 0 Å². The van der Waals surface area contributed by atoms with E-state index in [0.29, 0.717) is 13.1 Å². The molecule has 0 bridgehead atoms. The van der Waals surface area contributed by atoms with Crippen molar-refractivity contribution in [3.05, 3.63) is 16.9 Å². The van der Waals surface area contributed by atoms with E-state index in [4.69, 9.17) is 9.15 Å². The number of carbonyl (C=O) groups excluding carboxylic acids is 4. The number of ketones is 1. The number of aryl methyl sites for hydroxylation is 1. The van der Waals surface area contributed by atoms with Crippen LogP contribution in [0.2, 0.25) is 0 Å². The zero-order valence-corrected chi connectivity index (χ0v) is 16.4. The Morgan fingerprint density at radius 1 is 1.04 bits per heavy atom. The summed E-state index contributed by atoms with van der Waals surface area (Å²) in [5, 5.41) is 5.17. The first-order chi connectivity index (χ1) is 12.7. The van der Waals surface area contributed by atoms with Crippen molar-refractivity contribution in [2.75, 3.05) is 38.1 Å². The van der Waals surface area contributed by atoms with Gasteiger partial charge in [0, 0.05) is 6.54 Å². The van der Waals surface area contributed by atoms with E-state index in [1.54, 1.807) is 11.8 Å². The minimum absolute atomic E-state index is 0.0678. The second kappa shape index (κ2) is 10.5. The van der Waals surface area contributed by atoms with Crippen LogP contribution < -0.4 is 10.6 Å². The van der Waals surface area contributed by atoms with Crippen LogP contribution in [-0.2, 0) is 14.3 Å². The number of nitrogens with one attached hydrogen (secondary N) is 2. The highest BCUT2D eigenvalue weighted by Crippen LogP contribution is 2.28. The first-order valence-corrected chi connectivity index (χ1v) is 8.85. The van der Waals surface area contributed by atoms with Gasteiger partial charge in [0.05, 0.1) is 25.3 Å². The van der Waals surface area contributed by atoms with Gasteiger partial charge >= 0.3 is 5.97 Å². The maximum absolute atomic E-state index is 12.4. The number of rotatable bonds is 10. The Morgan fingerprint density at radius 3 is 2.19 bits per heavy atom. The summed E-state index contributed by atoms with van der Waals surface area (Å²) in [6, 6.07) is 0. The largest absolute Gasteiger partial charge is 0.462 e. The lowest BCUT2D eigenvalue weighted by molar-refractivity contribution is -0.123. The van der Waals surface area contributed by atoms with Crippen molar-refractivity contribution in [3.63, 3.8) is 0 Å². The molecule has 1 heterocycles. The van der Waals surface area contributed by atoms with E-state index in [-0.39, 0.29) is 54.2 Å². The maximum atomic E-state index is 12.4. The van der Waals surface area contributed by atoms with Crippen molar-refractivity contribution in [2.45, 2.75) is 34.6 Å². The van der Waals surface area contributed by atoms with Crippen molar-refractivity contribution in [3.8, 4) is 0 Å². The van der Waals surface area contributed by atoms with Crippen molar-refractivity contribution in [1.29, 1.82) is 0 Å². The Balaban J connectivity index is 2.98. The molecule has 9 nitrogen and oxygen atoms in total. The van der Waals surface area contributed by atoms with Crippen molar-refractivity contribution < 1.29 is 28.3 Å². The molecule has 0 spiro atoms. The molecule has 0 unspecified atom stereocenters. The smallest absolute Gasteiger partial charge is 0.344 e. The molecule has 1 aromatic heterocycles. The van der Waals surface area contributed by atoms with Crippen LogP contribution in [0.4, 0.5) is 5.88 Å². The Kier molecular flexibility index (Phi) is 8.67. The fraction of sp³-hybridized carbons (Fsp3) is 0.556. The number of ether oxygens (including phenoxy) is 1. The molecule has 0 aliphatic heterocycles. The lowest BCUT2D eigenvalue weighted by Gasteiger charge is -2.18. The average Bonchev–Trinajstić information content (AvgIpc) is 2.90. The summed E-state index contributed by atoms with van der Waals surface area (Å²) in [4.78, 5) is 49.8. The van der Waals surface area contributed by atoms with Gasteiger partial charge in [0.25, 0.3) is 0 Å². The van der Waals surface area contributed by atoms with Crippen LogP contribution in [0.1, 0.15) is 54.2 Å². The van der Waals surface area contributed by atoms with Crippen molar-refractivity contribution >= 4 is 29.5 Å². The van der Waals surface area contributed by atoms with Gasteiger partial charge < -0.3 is 14.5 Å². The summed E-state index contributed by atoms with van der Waals surface area (Å²) in [7, 11) is 0. The molecule has 2 amide bonds. The molecule has 0 atom stereocenters. The quantitative estimate of drug-likeness (QED) is 0.464. The monoisotopic (exact) mass is 381 g/mol. The molecule has 1 rings (SSSR count).